The van der Waals surface area contributed by atoms with Crippen LogP contribution >= 0.6 is 0 Å². The minimum absolute atomic E-state index is 0.310. The Kier molecular flexibility index (Phi) is 6.51. The fraction of sp³-hybridized carbons (Fsp3) is 0.286. The predicted molar refractivity (Wildman–Crippen MR) is 99.3 cm³/mol. The molecule has 0 fully saturated rings. The van der Waals surface area contributed by atoms with Crippen molar-refractivity contribution in [3.8, 4) is 17.2 Å². The first-order valence-corrected chi connectivity index (χ1v) is 8.51. The van der Waals surface area contributed by atoms with E-state index in [-0.39, 0.29) is 5.91 Å². The number of nitriles is 1. The summed E-state index contributed by atoms with van der Waals surface area (Å²) in [6, 6.07) is 16.1. The zero-order valence-electron chi connectivity index (χ0n) is 15.2. The van der Waals surface area contributed by atoms with Crippen molar-refractivity contribution in [1.29, 1.82) is 5.26 Å². The van der Waals surface area contributed by atoms with Crippen molar-refractivity contribution in [2.75, 3.05) is 6.54 Å². The predicted octanol–water partition coefficient (Wildman–Crippen LogP) is 3.54. The van der Waals surface area contributed by atoms with Gasteiger partial charge in [0.25, 0.3) is 5.91 Å². The van der Waals surface area contributed by atoms with Gasteiger partial charge >= 0.3 is 5.97 Å². The summed E-state index contributed by atoms with van der Waals surface area (Å²) in [5.74, 6) is -0.618. The number of benzene rings is 2. The number of hydrogen-bond acceptors (Lipinski definition) is 4. The van der Waals surface area contributed by atoms with Crippen LogP contribution in [-0.4, -0.2) is 24.5 Å². The molecule has 0 spiro atoms. The molecular formula is C21H22N2O3. The third kappa shape index (κ3) is 4.70. The highest BCUT2D eigenvalue weighted by atomic mass is 16.5. The maximum atomic E-state index is 12.6. The molecule has 2 rings (SSSR count). The van der Waals surface area contributed by atoms with Crippen LogP contribution in [0.4, 0.5) is 0 Å². The van der Waals surface area contributed by atoms with E-state index in [2.05, 4.69) is 11.4 Å². The molecule has 0 saturated carbocycles. The largest absolute Gasteiger partial charge is 0.449 e. The molecule has 0 aromatic heterocycles. The third-order valence-electron chi connectivity index (χ3n) is 3.82. The van der Waals surface area contributed by atoms with Gasteiger partial charge in [-0.2, -0.15) is 5.26 Å². The molecular weight excluding hydrogens is 328 g/mol. The van der Waals surface area contributed by atoms with Gasteiger partial charge in [0.2, 0.25) is 0 Å². The number of hydrogen-bond donors (Lipinski definition) is 1. The first-order chi connectivity index (χ1) is 12.4. The van der Waals surface area contributed by atoms with Gasteiger partial charge in [-0.05, 0) is 30.5 Å². The number of carbonyl (C=O) groups excluding carboxylic acids is 2. The van der Waals surface area contributed by atoms with E-state index in [4.69, 9.17) is 4.74 Å². The molecule has 0 aliphatic rings. The van der Waals surface area contributed by atoms with Gasteiger partial charge in [-0.25, -0.2) is 4.79 Å². The average Bonchev–Trinajstić information content (AvgIpc) is 2.65. The topological polar surface area (TPSA) is 79.2 Å². The zero-order chi connectivity index (χ0) is 19.1. The molecule has 1 atom stereocenters. The number of rotatable bonds is 6. The second-order valence-electron chi connectivity index (χ2n) is 6.39. The molecule has 0 heterocycles. The minimum Gasteiger partial charge on any atom is -0.449 e. The van der Waals surface area contributed by atoms with E-state index in [1.807, 2.05) is 13.8 Å². The normalized spacial score (nSPS) is 11.5. The van der Waals surface area contributed by atoms with Crippen LogP contribution in [0.1, 0.15) is 36.7 Å². The lowest BCUT2D eigenvalue weighted by Crippen LogP contribution is -2.37. The molecule has 26 heavy (non-hydrogen) atoms. The Labute approximate surface area is 153 Å². The van der Waals surface area contributed by atoms with Gasteiger partial charge in [0.05, 0.1) is 17.2 Å². The summed E-state index contributed by atoms with van der Waals surface area (Å²) in [4.78, 5) is 24.6. The van der Waals surface area contributed by atoms with Crippen molar-refractivity contribution in [1.82, 2.24) is 5.32 Å². The number of carbonyl (C=O) groups is 2. The van der Waals surface area contributed by atoms with Gasteiger partial charge in [-0.3, -0.25) is 4.79 Å². The lowest BCUT2D eigenvalue weighted by atomic mass is 9.96. The van der Waals surface area contributed by atoms with Crippen molar-refractivity contribution < 1.29 is 14.3 Å². The summed E-state index contributed by atoms with van der Waals surface area (Å²) in [7, 11) is 0. The van der Waals surface area contributed by atoms with Crippen molar-refractivity contribution in [3.63, 3.8) is 0 Å². The van der Waals surface area contributed by atoms with Crippen LogP contribution in [-0.2, 0) is 9.53 Å². The number of ether oxygens (including phenoxy) is 1. The van der Waals surface area contributed by atoms with Crippen molar-refractivity contribution >= 4 is 11.9 Å². The third-order valence-corrected chi connectivity index (χ3v) is 3.82. The fourth-order valence-corrected chi connectivity index (χ4v) is 2.44. The number of nitrogens with one attached hydrogen (secondary N) is 1. The van der Waals surface area contributed by atoms with Crippen molar-refractivity contribution in [3.05, 3.63) is 59.7 Å². The van der Waals surface area contributed by atoms with E-state index < -0.39 is 12.1 Å². The maximum Gasteiger partial charge on any atom is 0.339 e. The summed E-state index contributed by atoms with van der Waals surface area (Å²) < 4.78 is 5.33. The molecule has 134 valence electrons. The Hall–Kier alpha value is -3.13. The summed E-state index contributed by atoms with van der Waals surface area (Å²) in [6.45, 7) is 6.03. The summed E-state index contributed by atoms with van der Waals surface area (Å²) >= 11 is 0. The fourth-order valence-electron chi connectivity index (χ4n) is 2.44. The Morgan fingerprint density at radius 3 is 2.31 bits per heavy atom. The monoisotopic (exact) mass is 350 g/mol. The van der Waals surface area contributed by atoms with E-state index in [1.54, 1.807) is 55.5 Å². The Balaban J connectivity index is 2.23. The Morgan fingerprint density at radius 2 is 1.65 bits per heavy atom. The van der Waals surface area contributed by atoms with Crippen LogP contribution in [0.15, 0.2) is 48.5 Å². The van der Waals surface area contributed by atoms with E-state index >= 15 is 0 Å². The first-order valence-electron chi connectivity index (χ1n) is 8.51. The molecule has 0 aliphatic carbocycles. The number of amides is 1. The molecule has 0 unspecified atom stereocenters. The number of esters is 1. The van der Waals surface area contributed by atoms with E-state index in [0.717, 1.165) is 0 Å². The molecule has 1 N–H and O–H groups in total. The lowest BCUT2D eigenvalue weighted by molar-refractivity contribution is -0.129. The molecule has 2 aromatic rings. The van der Waals surface area contributed by atoms with Crippen LogP contribution in [0.3, 0.4) is 0 Å². The van der Waals surface area contributed by atoms with Gasteiger partial charge in [-0.1, -0.05) is 50.2 Å². The van der Waals surface area contributed by atoms with Gasteiger partial charge in [0, 0.05) is 12.1 Å². The standard InChI is InChI=1S/C21H22N2O3/c1-14(2)13-23-20(24)15(3)26-21(25)19-11-7-6-10-18(19)17-9-5-4-8-16(17)12-22/h4-11,14-15H,13H2,1-3H3,(H,23,24)/t15-/m1/s1. The zero-order valence-corrected chi connectivity index (χ0v) is 15.2. The van der Waals surface area contributed by atoms with E-state index in [9.17, 15) is 14.9 Å². The van der Waals surface area contributed by atoms with Crippen LogP contribution in [0, 0.1) is 17.2 Å². The summed E-state index contributed by atoms with van der Waals surface area (Å²) in [5.41, 5.74) is 2.04. The second-order valence-corrected chi connectivity index (χ2v) is 6.39. The smallest absolute Gasteiger partial charge is 0.339 e. The molecule has 0 radical (unpaired) electrons. The molecule has 0 aliphatic heterocycles. The number of nitrogens with zero attached hydrogens (tertiary/aromatic N) is 1. The van der Waals surface area contributed by atoms with Gasteiger partial charge < -0.3 is 10.1 Å². The molecule has 1 amide bonds. The van der Waals surface area contributed by atoms with Crippen LogP contribution in [0.25, 0.3) is 11.1 Å². The summed E-state index contributed by atoms with van der Waals surface area (Å²) in [5, 5.41) is 12.1. The SMILES string of the molecule is CC(C)CNC(=O)[C@@H](C)OC(=O)c1ccccc1-c1ccccc1C#N. The maximum absolute atomic E-state index is 12.6. The van der Waals surface area contributed by atoms with Gasteiger partial charge in [0.1, 0.15) is 0 Å². The molecule has 5 heteroatoms. The Morgan fingerprint density at radius 1 is 1.04 bits per heavy atom. The van der Waals surface area contributed by atoms with Gasteiger partial charge in [0.15, 0.2) is 6.10 Å². The lowest BCUT2D eigenvalue weighted by Gasteiger charge is -2.16. The highest BCUT2D eigenvalue weighted by Crippen LogP contribution is 2.27. The molecule has 0 bridgehead atoms. The highest BCUT2D eigenvalue weighted by Gasteiger charge is 2.21. The molecule has 5 nitrogen and oxygen atoms in total. The molecule has 2 aromatic carbocycles. The highest BCUT2D eigenvalue weighted by molar-refractivity contribution is 5.99. The summed E-state index contributed by atoms with van der Waals surface area (Å²) in [6.07, 6.45) is -0.902. The van der Waals surface area contributed by atoms with Crippen molar-refractivity contribution in [2.24, 2.45) is 5.92 Å². The van der Waals surface area contributed by atoms with Crippen molar-refractivity contribution in [2.45, 2.75) is 26.9 Å². The second kappa shape index (κ2) is 8.82. The van der Waals surface area contributed by atoms with E-state index in [1.165, 1.54) is 0 Å². The van der Waals surface area contributed by atoms with Crippen LogP contribution < -0.4 is 5.32 Å². The van der Waals surface area contributed by atoms with Crippen LogP contribution in [0.2, 0.25) is 0 Å². The quantitative estimate of drug-likeness (QED) is 0.808. The average molecular weight is 350 g/mol. The minimum atomic E-state index is -0.902. The van der Waals surface area contributed by atoms with E-state index in [0.29, 0.717) is 34.7 Å². The Bertz CT molecular complexity index is 837. The van der Waals surface area contributed by atoms with Crippen LogP contribution in [0.5, 0.6) is 0 Å². The first kappa shape index (κ1) is 19.2. The molecule has 0 saturated heterocycles. The van der Waals surface area contributed by atoms with Gasteiger partial charge in [-0.15, -0.1) is 0 Å².